The Balaban J connectivity index is 1.69. The largest absolute Gasteiger partial charge is 0.369 e. The summed E-state index contributed by atoms with van der Waals surface area (Å²) in [4.78, 5) is 25.7. The number of nitrogens with zero attached hydrogens (tertiary/aromatic N) is 1. The van der Waals surface area contributed by atoms with Crippen LogP contribution in [0.2, 0.25) is 0 Å². The molecule has 5 heteroatoms. The molecule has 0 aromatic heterocycles. The number of carbonyl (C=O) groups excluding carboxylic acids is 2. The first kappa shape index (κ1) is 22.0. The monoisotopic (exact) mass is 407 g/mol. The molecule has 0 heterocycles. The van der Waals surface area contributed by atoms with Crippen LogP contribution >= 0.6 is 0 Å². The summed E-state index contributed by atoms with van der Waals surface area (Å²) in [5.74, 6) is 0.327. The fraction of sp³-hybridized carbons (Fsp3) is 0.440. The van der Waals surface area contributed by atoms with Gasteiger partial charge in [-0.25, -0.2) is 0 Å². The predicted molar refractivity (Wildman–Crippen MR) is 120 cm³/mol. The van der Waals surface area contributed by atoms with Crippen molar-refractivity contribution < 1.29 is 9.59 Å². The lowest BCUT2D eigenvalue weighted by Crippen LogP contribution is -2.40. The molecule has 3 N–H and O–H groups in total. The van der Waals surface area contributed by atoms with Crippen LogP contribution in [0, 0.1) is 0 Å². The van der Waals surface area contributed by atoms with Gasteiger partial charge in [-0.2, -0.15) is 0 Å². The van der Waals surface area contributed by atoms with E-state index in [2.05, 4.69) is 29.6 Å². The van der Waals surface area contributed by atoms with Crippen LogP contribution in [0.3, 0.4) is 0 Å². The highest BCUT2D eigenvalue weighted by Gasteiger charge is 2.29. The van der Waals surface area contributed by atoms with Gasteiger partial charge in [-0.05, 0) is 60.9 Å². The quantitative estimate of drug-likeness (QED) is 0.703. The Bertz CT molecular complexity index is 858. The van der Waals surface area contributed by atoms with E-state index >= 15 is 0 Å². The van der Waals surface area contributed by atoms with E-state index in [1.54, 1.807) is 6.92 Å². The molecule has 2 amide bonds. The van der Waals surface area contributed by atoms with Gasteiger partial charge < -0.3 is 16.0 Å². The van der Waals surface area contributed by atoms with Crippen LogP contribution in [0.25, 0.3) is 0 Å². The Morgan fingerprint density at radius 1 is 1.03 bits per heavy atom. The second kappa shape index (κ2) is 10.4. The lowest BCUT2D eigenvalue weighted by Gasteiger charge is -2.37. The third-order valence-corrected chi connectivity index (χ3v) is 6.13. The molecule has 5 nitrogen and oxygen atoms in total. The highest BCUT2D eigenvalue weighted by Crippen LogP contribution is 2.37. The zero-order chi connectivity index (χ0) is 21.5. The maximum absolute atomic E-state index is 12.3. The number of nitrogens with two attached hydrogens (primary N) is 1. The summed E-state index contributed by atoms with van der Waals surface area (Å²) in [5, 5.41) is 3.24. The zero-order valence-electron chi connectivity index (χ0n) is 18.1. The maximum Gasteiger partial charge on any atom is 0.221 e. The molecule has 0 unspecified atom stereocenters. The maximum atomic E-state index is 12.3. The van der Waals surface area contributed by atoms with Gasteiger partial charge in [-0.3, -0.25) is 9.59 Å². The minimum atomic E-state index is -0.304. The number of nitrogens with one attached hydrogen (secondary N) is 1. The van der Waals surface area contributed by atoms with E-state index in [9.17, 15) is 9.59 Å². The third kappa shape index (κ3) is 5.70. The number of amides is 2. The van der Waals surface area contributed by atoms with Crippen molar-refractivity contribution in [2.75, 3.05) is 7.05 Å². The first-order valence-corrected chi connectivity index (χ1v) is 10.8. The van der Waals surface area contributed by atoms with Crippen LogP contribution in [-0.4, -0.2) is 29.8 Å². The zero-order valence-corrected chi connectivity index (χ0v) is 18.1. The van der Waals surface area contributed by atoms with E-state index in [0.29, 0.717) is 18.5 Å². The molecule has 1 saturated carbocycles. The smallest absolute Gasteiger partial charge is 0.221 e. The number of primary amides is 1. The molecule has 1 fully saturated rings. The molecule has 0 atom stereocenters. The summed E-state index contributed by atoms with van der Waals surface area (Å²) in [6.45, 7) is 3.13. The van der Waals surface area contributed by atoms with Crippen LogP contribution in [0.15, 0.2) is 48.5 Å². The molecule has 0 spiro atoms. The third-order valence-electron chi connectivity index (χ3n) is 6.13. The summed E-state index contributed by atoms with van der Waals surface area (Å²) in [7, 11) is 1.94. The lowest BCUT2D eigenvalue weighted by atomic mass is 9.79. The average Bonchev–Trinajstić information content (AvgIpc) is 2.73. The average molecular weight is 408 g/mol. The van der Waals surface area contributed by atoms with Crippen LogP contribution in [0.5, 0.6) is 0 Å². The molecule has 0 radical (unpaired) electrons. The second-order valence-electron chi connectivity index (χ2n) is 8.34. The van der Waals surface area contributed by atoms with Gasteiger partial charge in [-0.15, -0.1) is 0 Å². The van der Waals surface area contributed by atoms with Crippen molar-refractivity contribution in [2.24, 2.45) is 5.73 Å². The van der Waals surface area contributed by atoms with Gasteiger partial charge in [0, 0.05) is 26.1 Å². The van der Waals surface area contributed by atoms with E-state index in [1.165, 1.54) is 16.7 Å². The molecule has 0 bridgehead atoms. The topological polar surface area (TPSA) is 75.4 Å². The van der Waals surface area contributed by atoms with Crippen molar-refractivity contribution in [1.82, 2.24) is 10.2 Å². The highest BCUT2D eigenvalue weighted by atomic mass is 16.2. The van der Waals surface area contributed by atoms with Crippen molar-refractivity contribution in [2.45, 2.75) is 64.1 Å². The van der Waals surface area contributed by atoms with Crippen molar-refractivity contribution in [1.29, 1.82) is 0 Å². The number of hydrogen-bond acceptors (Lipinski definition) is 3. The van der Waals surface area contributed by atoms with E-state index < -0.39 is 0 Å². The van der Waals surface area contributed by atoms with Gasteiger partial charge in [0.15, 0.2) is 0 Å². The number of benzene rings is 2. The Morgan fingerprint density at radius 3 is 2.33 bits per heavy atom. The van der Waals surface area contributed by atoms with E-state index in [0.717, 1.165) is 37.8 Å². The standard InChI is InChI=1S/C25H33N3O2/c1-18(29)28(17-19-6-4-3-5-7-19)23-11-9-21(10-12-23)24-13-8-20(15-25(26)30)14-22(24)16-27-2/h3-8,13-14,21,23,27H,9-12,15-17H2,1-2H3,(H2,26,30). The van der Waals surface area contributed by atoms with Crippen molar-refractivity contribution >= 4 is 11.8 Å². The van der Waals surface area contributed by atoms with Crippen LogP contribution in [0.4, 0.5) is 0 Å². The second-order valence-corrected chi connectivity index (χ2v) is 8.34. The van der Waals surface area contributed by atoms with Crippen LogP contribution in [-0.2, 0) is 29.1 Å². The molecule has 2 aromatic rings. The minimum Gasteiger partial charge on any atom is -0.369 e. The molecule has 0 aliphatic heterocycles. The Labute approximate surface area is 179 Å². The van der Waals surface area contributed by atoms with Crippen LogP contribution < -0.4 is 11.1 Å². The van der Waals surface area contributed by atoms with Gasteiger partial charge in [0.25, 0.3) is 0 Å². The van der Waals surface area contributed by atoms with Crippen LogP contribution in [0.1, 0.15) is 60.8 Å². The van der Waals surface area contributed by atoms with Crippen molar-refractivity contribution in [3.05, 3.63) is 70.8 Å². The first-order chi connectivity index (χ1) is 14.5. The summed E-state index contributed by atoms with van der Waals surface area (Å²) in [6.07, 6.45) is 4.43. The van der Waals surface area contributed by atoms with Gasteiger partial charge in [0.05, 0.1) is 6.42 Å². The molecular weight excluding hydrogens is 374 g/mol. The SMILES string of the molecule is CNCc1cc(CC(N)=O)ccc1C1CCC(N(Cc2ccccc2)C(C)=O)CC1. The Hall–Kier alpha value is -2.66. The van der Waals surface area contributed by atoms with Gasteiger partial charge in [0.2, 0.25) is 11.8 Å². The summed E-state index contributed by atoms with van der Waals surface area (Å²) in [6, 6.07) is 16.8. The number of carbonyl (C=O) groups is 2. The van der Waals surface area contributed by atoms with Gasteiger partial charge in [0.1, 0.15) is 0 Å². The minimum absolute atomic E-state index is 0.147. The first-order valence-electron chi connectivity index (χ1n) is 10.8. The number of hydrogen-bond donors (Lipinski definition) is 2. The fourth-order valence-electron chi connectivity index (χ4n) is 4.69. The fourth-order valence-corrected chi connectivity index (χ4v) is 4.69. The predicted octanol–water partition coefficient (Wildman–Crippen LogP) is 3.51. The summed E-state index contributed by atoms with van der Waals surface area (Å²) < 4.78 is 0. The summed E-state index contributed by atoms with van der Waals surface area (Å²) in [5.41, 5.74) is 10.1. The Morgan fingerprint density at radius 2 is 1.73 bits per heavy atom. The highest BCUT2D eigenvalue weighted by molar-refractivity contribution is 5.76. The molecule has 2 aromatic carbocycles. The molecule has 160 valence electrons. The normalized spacial score (nSPS) is 18.7. The molecule has 1 aliphatic carbocycles. The van der Waals surface area contributed by atoms with Crippen molar-refractivity contribution in [3.63, 3.8) is 0 Å². The lowest BCUT2D eigenvalue weighted by molar-refractivity contribution is -0.132. The number of rotatable bonds is 8. The molecule has 0 saturated heterocycles. The molecule has 1 aliphatic rings. The van der Waals surface area contributed by atoms with Gasteiger partial charge in [-0.1, -0.05) is 48.5 Å². The molecule has 30 heavy (non-hydrogen) atoms. The van der Waals surface area contributed by atoms with Gasteiger partial charge >= 0.3 is 0 Å². The molecule has 3 rings (SSSR count). The van der Waals surface area contributed by atoms with E-state index in [-0.39, 0.29) is 18.2 Å². The summed E-state index contributed by atoms with van der Waals surface area (Å²) >= 11 is 0. The molecular formula is C25H33N3O2. The van der Waals surface area contributed by atoms with Crippen molar-refractivity contribution in [3.8, 4) is 0 Å². The Kier molecular flexibility index (Phi) is 7.63. The van der Waals surface area contributed by atoms with E-state index in [4.69, 9.17) is 5.73 Å². The van der Waals surface area contributed by atoms with E-state index in [1.807, 2.05) is 36.2 Å².